The molecule has 0 aromatic carbocycles. The van der Waals surface area contributed by atoms with E-state index in [0.717, 1.165) is 13.2 Å². The maximum Gasteiger partial charge on any atom is 0.0755 e. The number of ether oxygens (including phenoxy) is 1. The molecule has 2 heteroatoms. The molecular formula is C13H29NO. The molecule has 1 N–H and O–H groups in total. The first-order chi connectivity index (χ1) is 6.84. The minimum Gasteiger partial charge on any atom is -0.377 e. The van der Waals surface area contributed by atoms with Crippen LogP contribution >= 0.6 is 0 Å². The molecule has 0 aliphatic rings. The van der Waals surface area contributed by atoms with Crippen LogP contribution in [0.25, 0.3) is 0 Å². The molecule has 0 spiro atoms. The molecule has 0 saturated carbocycles. The van der Waals surface area contributed by atoms with Gasteiger partial charge in [-0.2, -0.15) is 0 Å². The summed E-state index contributed by atoms with van der Waals surface area (Å²) in [4.78, 5) is 0. The van der Waals surface area contributed by atoms with Gasteiger partial charge in [0, 0.05) is 12.6 Å². The van der Waals surface area contributed by atoms with Gasteiger partial charge in [0.2, 0.25) is 0 Å². The Hall–Kier alpha value is -0.0800. The Bertz CT molecular complexity index is 160. The van der Waals surface area contributed by atoms with Crippen LogP contribution in [0.3, 0.4) is 0 Å². The second-order valence-corrected chi connectivity index (χ2v) is 5.57. The van der Waals surface area contributed by atoms with Gasteiger partial charge in [0.15, 0.2) is 0 Å². The third-order valence-corrected chi connectivity index (χ3v) is 2.70. The minimum absolute atomic E-state index is 0.236. The van der Waals surface area contributed by atoms with Crippen LogP contribution in [-0.4, -0.2) is 25.3 Å². The van der Waals surface area contributed by atoms with Gasteiger partial charge in [-0.25, -0.2) is 0 Å². The van der Waals surface area contributed by atoms with Crippen molar-refractivity contribution in [1.29, 1.82) is 0 Å². The van der Waals surface area contributed by atoms with Crippen molar-refractivity contribution in [3.05, 3.63) is 0 Å². The molecule has 2 unspecified atom stereocenters. The van der Waals surface area contributed by atoms with Gasteiger partial charge in [-0.15, -0.1) is 0 Å². The number of hydrogen-bond donors (Lipinski definition) is 1. The van der Waals surface area contributed by atoms with E-state index in [1.54, 1.807) is 0 Å². The molecule has 0 bridgehead atoms. The lowest BCUT2D eigenvalue weighted by molar-refractivity contribution is -0.0245. The van der Waals surface area contributed by atoms with Gasteiger partial charge < -0.3 is 10.1 Å². The quantitative estimate of drug-likeness (QED) is 0.735. The zero-order chi connectivity index (χ0) is 12.1. The van der Waals surface area contributed by atoms with Crippen molar-refractivity contribution in [3.8, 4) is 0 Å². The topological polar surface area (TPSA) is 21.3 Å². The Morgan fingerprint density at radius 2 is 1.67 bits per heavy atom. The lowest BCUT2D eigenvalue weighted by Crippen LogP contribution is -2.51. The van der Waals surface area contributed by atoms with Crippen LogP contribution in [0.4, 0.5) is 0 Å². The van der Waals surface area contributed by atoms with Crippen LogP contribution in [0.5, 0.6) is 0 Å². The van der Waals surface area contributed by atoms with E-state index in [0.29, 0.717) is 18.1 Å². The Kier molecular flexibility index (Phi) is 6.46. The second-order valence-electron chi connectivity index (χ2n) is 5.57. The highest BCUT2D eigenvalue weighted by molar-refractivity contribution is 4.88. The standard InChI is InChI=1S/C13H29NO/c1-8-14-12(13(5,6)7)11(10(3)4)15-9-2/h10-12,14H,8-9H2,1-7H3. The summed E-state index contributed by atoms with van der Waals surface area (Å²) >= 11 is 0. The van der Waals surface area contributed by atoms with Crippen LogP contribution in [-0.2, 0) is 4.74 Å². The maximum atomic E-state index is 5.88. The van der Waals surface area contributed by atoms with E-state index >= 15 is 0 Å². The maximum absolute atomic E-state index is 5.88. The van der Waals surface area contributed by atoms with Crippen LogP contribution in [0.15, 0.2) is 0 Å². The highest BCUT2D eigenvalue weighted by atomic mass is 16.5. The Morgan fingerprint density at radius 3 is 1.93 bits per heavy atom. The number of nitrogens with one attached hydrogen (secondary N) is 1. The van der Waals surface area contributed by atoms with E-state index in [1.165, 1.54) is 0 Å². The molecule has 0 aliphatic carbocycles. The molecule has 0 aromatic heterocycles. The molecule has 2 nitrogen and oxygen atoms in total. The van der Waals surface area contributed by atoms with Crippen molar-refractivity contribution in [2.45, 2.75) is 60.6 Å². The lowest BCUT2D eigenvalue weighted by Gasteiger charge is -2.39. The van der Waals surface area contributed by atoms with Crippen LogP contribution in [0.2, 0.25) is 0 Å². The third-order valence-electron chi connectivity index (χ3n) is 2.70. The molecule has 0 heterocycles. The molecule has 0 radical (unpaired) electrons. The first-order valence-electron chi connectivity index (χ1n) is 6.19. The Morgan fingerprint density at radius 1 is 1.13 bits per heavy atom. The van der Waals surface area contributed by atoms with Crippen molar-refractivity contribution in [2.75, 3.05) is 13.2 Å². The van der Waals surface area contributed by atoms with Gasteiger partial charge in [0.1, 0.15) is 0 Å². The Labute approximate surface area is 95.8 Å². The lowest BCUT2D eigenvalue weighted by atomic mass is 9.80. The van der Waals surface area contributed by atoms with Gasteiger partial charge in [-0.1, -0.05) is 41.5 Å². The van der Waals surface area contributed by atoms with Gasteiger partial charge >= 0.3 is 0 Å². The first kappa shape index (κ1) is 14.9. The molecular weight excluding hydrogens is 186 g/mol. The van der Waals surface area contributed by atoms with E-state index in [1.807, 2.05) is 0 Å². The summed E-state index contributed by atoms with van der Waals surface area (Å²) in [5.41, 5.74) is 0.236. The molecule has 0 amide bonds. The normalized spacial score (nSPS) is 16.8. The average Bonchev–Trinajstić information content (AvgIpc) is 2.09. The van der Waals surface area contributed by atoms with Gasteiger partial charge in [0.25, 0.3) is 0 Å². The SMILES string of the molecule is CCNC(C(OCC)C(C)C)C(C)(C)C. The van der Waals surface area contributed by atoms with Crippen LogP contribution in [0.1, 0.15) is 48.5 Å². The van der Waals surface area contributed by atoms with Gasteiger partial charge in [0.05, 0.1) is 6.10 Å². The summed E-state index contributed by atoms with van der Waals surface area (Å²) in [6.07, 6.45) is 0.301. The summed E-state index contributed by atoms with van der Waals surface area (Å²) in [6.45, 7) is 17.3. The van der Waals surface area contributed by atoms with Crippen molar-refractivity contribution in [1.82, 2.24) is 5.32 Å². The van der Waals surface area contributed by atoms with Crippen LogP contribution < -0.4 is 5.32 Å². The van der Waals surface area contributed by atoms with Crippen LogP contribution in [0, 0.1) is 11.3 Å². The molecule has 0 aromatic rings. The monoisotopic (exact) mass is 215 g/mol. The molecule has 0 fully saturated rings. The largest absolute Gasteiger partial charge is 0.377 e. The fourth-order valence-corrected chi connectivity index (χ4v) is 2.00. The first-order valence-corrected chi connectivity index (χ1v) is 6.19. The van der Waals surface area contributed by atoms with E-state index < -0.39 is 0 Å². The predicted molar refractivity (Wildman–Crippen MR) is 67.2 cm³/mol. The van der Waals surface area contributed by atoms with E-state index in [9.17, 15) is 0 Å². The molecule has 0 saturated heterocycles. The van der Waals surface area contributed by atoms with Crippen molar-refractivity contribution < 1.29 is 4.74 Å². The molecule has 0 rings (SSSR count). The smallest absolute Gasteiger partial charge is 0.0755 e. The molecule has 92 valence electrons. The Balaban J connectivity index is 4.67. The summed E-state index contributed by atoms with van der Waals surface area (Å²) in [5, 5.41) is 3.56. The summed E-state index contributed by atoms with van der Waals surface area (Å²) in [5.74, 6) is 0.549. The molecule has 0 aliphatic heterocycles. The fraction of sp³-hybridized carbons (Fsp3) is 1.00. The fourth-order valence-electron chi connectivity index (χ4n) is 2.00. The van der Waals surface area contributed by atoms with E-state index in [4.69, 9.17) is 4.74 Å². The summed E-state index contributed by atoms with van der Waals surface area (Å²) in [6, 6.07) is 0.419. The summed E-state index contributed by atoms with van der Waals surface area (Å²) in [7, 11) is 0. The van der Waals surface area contributed by atoms with Crippen molar-refractivity contribution in [3.63, 3.8) is 0 Å². The predicted octanol–water partition coefficient (Wildman–Crippen LogP) is 3.07. The highest BCUT2D eigenvalue weighted by Crippen LogP contribution is 2.27. The van der Waals surface area contributed by atoms with Gasteiger partial charge in [-0.3, -0.25) is 0 Å². The summed E-state index contributed by atoms with van der Waals surface area (Å²) < 4.78 is 5.88. The number of hydrogen-bond acceptors (Lipinski definition) is 2. The van der Waals surface area contributed by atoms with Crippen molar-refractivity contribution in [2.24, 2.45) is 11.3 Å². The van der Waals surface area contributed by atoms with E-state index in [-0.39, 0.29) is 5.41 Å². The second kappa shape index (κ2) is 6.49. The van der Waals surface area contributed by atoms with E-state index in [2.05, 4.69) is 53.8 Å². The minimum atomic E-state index is 0.236. The molecule has 2 atom stereocenters. The van der Waals surface area contributed by atoms with Crippen molar-refractivity contribution >= 4 is 0 Å². The highest BCUT2D eigenvalue weighted by Gasteiger charge is 2.33. The number of rotatable bonds is 6. The third kappa shape index (κ3) is 4.98. The van der Waals surface area contributed by atoms with Gasteiger partial charge in [-0.05, 0) is 24.8 Å². The average molecular weight is 215 g/mol. The number of likely N-dealkylation sites (N-methyl/N-ethyl adjacent to an activating group) is 1. The zero-order valence-corrected chi connectivity index (χ0v) is 11.6. The zero-order valence-electron chi connectivity index (χ0n) is 11.6. The molecule has 15 heavy (non-hydrogen) atoms.